The van der Waals surface area contributed by atoms with E-state index in [0.717, 1.165) is 46.3 Å². The topological polar surface area (TPSA) is 141 Å². The van der Waals surface area contributed by atoms with Gasteiger partial charge in [0.25, 0.3) is 0 Å². The number of nitrogens with one attached hydrogen (secondary N) is 3. The number of hydrogen-bond acceptors (Lipinski definition) is 6. The van der Waals surface area contributed by atoms with E-state index in [-0.39, 0.29) is 17.8 Å². The number of carbonyl (C=O) groups is 3. The van der Waals surface area contributed by atoms with E-state index in [1.165, 1.54) is 0 Å². The summed E-state index contributed by atoms with van der Waals surface area (Å²) in [5, 5.41) is 8.02. The van der Waals surface area contributed by atoms with Crippen LogP contribution in [-0.4, -0.2) is 42.8 Å². The van der Waals surface area contributed by atoms with E-state index in [2.05, 4.69) is 30.4 Å². The van der Waals surface area contributed by atoms with Gasteiger partial charge in [-0.2, -0.15) is 0 Å². The molecule has 1 atom stereocenters. The Kier molecular flexibility index (Phi) is 9.50. The van der Waals surface area contributed by atoms with E-state index in [4.69, 9.17) is 0 Å². The molecule has 1 unspecified atom stereocenters. The van der Waals surface area contributed by atoms with Crippen molar-refractivity contribution in [1.29, 1.82) is 0 Å². The summed E-state index contributed by atoms with van der Waals surface area (Å²) >= 11 is -1.49. The van der Waals surface area contributed by atoms with Gasteiger partial charge in [-0.3, -0.25) is 10.1 Å². The number of alkyl carbamates (subject to hydrolysis) is 1. The number of benzene rings is 2. The summed E-state index contributed by atoms with van der Waals surface area (Å²) in [7, 11) is 2.31. The van der Waals surface area contributed by atoms with Crippen molar-refractivity contribution in [1.82, 2.24) is 5.32 Å². The molecule has 0 heterocycles. The molecule has 2 aromatic rings. The van der Waals surface area contributed by atoms with E-state index in [0.29, 0.717) is 21.2 Å². The minimum absolute atomic E-state index is 0.128. The monoisotopic (exact) mass is 500 g/mol. The second-order valence-corrected chi connectivity index (χ2v) is 9.27. The second-order valence-electron chi connectivity index (χ2n) is 7.79. The van der Waals surface area contributed by atoms with Gasteiger partial charge in [0.2, 0.25) is 11.9 Å². The average molecular weight is 501 g/mol. The van der Waals surface area contributed by atoms with Crippen LogP contribution in [0.2, 0.25) is 0 Å². The van der Waals surface area contributed by atoms with Crippen molar-refractivity contribution in [3.05, 3.63) is 48.5 Å². The van der Waals surface area contributed by atoms with E-state index < -0.39 is 23.4 Å². The summed E-state index contributed by atoms with van der Waals surface area (Å²) in [6, 6.07) is 13.7. The third kappa shape index (κ3) is 7.46. The first-order chi connectivity index (χ1) is 16.9. The minimum atomic E-state index is -1.49. The maximum atomic E-state index is 13.1. The molecule has 0 radical (unpaired) electrons. The van der Waals surface area contributed by atoms with Gasteiger partial charge in [-0.25, -0.2) is 9.59 Å². The smallest absolute Gasteiger partial charge is 0.436 e. The maximum Gasteiger partial charge on any atom is 0.436 e. The Morgan fingerprint density at radius 2 is 1.63 bits per heavy atom. The summed E-state index contributed by atoms with van der Waals surface area (Å²) in [5.74, 6) is -0.548. The van der Waals surface area contributed by atoms with Crippen LogP contribution in [0, 0.1) is 5.92 Å². The van der Waals surface area contributed by atoms with Crippen molar-refractivity contribution in [3.63, 3.8) is 0 Å². The van der Waals surface area contributed by atoms with Crippen molar-refractivity contribution in [2.75, 3.05) is 24.9 Å². The predicted molar refractivity (Wildman–Crippen MR) is 132 cm³/mol. The summed E-state index contributed by atoms with van der Waals surface area (Å²) < 4.78 is 22.2. The Hall–Kier alpha value is -3.57. The number of anilines is 2. The number of aliphatic imine (C=N–C) groups is 1. The van der Waals surface area contributed by atoms with E-state index in [1.54, 1.807) is 42.5 Å². The highest BCUT2D eigenvalue weighted by atomic mass is 32.2. The molecule has 1 aliphatic rings. The van der Waals surface area contributed by atoms with E-state index >= 15 is 0 Å². The van der Waals surface area contributed by atoms with Gasteiger partial charge in [0.15, 0.2) is 9.79 Å². The molecule has 0 saturated heterocycles. The third-order valence-corrected chi connectivity index (χ3v) is 6.82. The lowest BCUT2D eigenvalue weighted by molar-refractivity contribution is -0.120. The van der Waals surface area contributed by atoms with Gasteiger partial charge in [-0.1, -0.05) is 37.5 Å². The molecule has 11 heteroatoms. The molecule has 3 rings (SSSR count). The third-order valence-electron chi connectivity index (χ3n) is 5.43. The van der Waals surface area contributed by atoms with Crippen LogP contribution < -0.4 is 16.0 Å². The molecular formula is C24H28N4O6S. The summed E-state index contributed by atoms with van der Waals surface area (Å²) in [6.07, 6.45) is 2.84. The molecular weight excluding hydrogens is 472 g/mol. The molecule has 2 aromatic carbocycles. The maximum absolute atomic E-state index is 13.1. The van der Waals surface area contributed by atoms with Gasteiger partial charge in [-0.15, -0.1) is 4.99 Å². The molecule has 1 fully saturated rings. The standard InChI is InChI=1S/C24H28N4O6S/c1-33-23(30)27-22(28-24(31)34-2)26-19-14-13-18(35(32)17-11-7-4-8-12-17)15-20(19)25-21(29)16-9-5-3-6-10-16/h4,7-8,11-16H,3,5-6,9-10H2,1-2H3,(H,25,29)(H2,26,27,28,30,31). The quantitative estimate of drug-likeness (QED) is 0.316. The van der Waals surface area contributed by atoms with Crippen LogP contribution in [0.5, 0.6) is 0 Å². The molecule has 186 valence electrons. The second kappa shape index (κ2) is 12.8. The highest BCUT2D eigenvalue weighted by Crippen LogP contribution is 2.31. The highest BCUT2D eigenvalue weighted by Gasteiger charge is 2.24. The number of carbonyl (C=O) groups excluding carboxylic acids is 3. The first kappa shape index (κ1) is 26.0. The van der Waals surface area contributed by atoms with E-state index in [1.807, 2.05) is 6.07 Å². The van der Waals surface area contributed by atoms with Crippen LogP contribution in [0.25, 0.3) is 0 Å². The Labute approximate surface area is 206 Å². The van der Waals surface area contributed by atoms with Gasteiger partial charge in [0, 0.05) is 23.2 Å². The molecule has 10 nitrogen and oxygen atoms in total. The van der Waals surface area contributed by atoms with Gasteiger partial charge in [0.05, 0.1) is 25.6 Å². The predicted octanol–water partition coefficient (Wildman–Crippen LogP) is 4.26. The number of rotatable bonds is 5. The number of hydrogen-bond donors (Lipinski definition) is 3. The number of ether oxygens (including phenoxy) is 2. The number of amides is 3. The first-order valence-electron chi connectivity index (χ1n) is 11.1. The fourth-order valence-corrected chi connectivity index (χ4v) is 4.72. The molecule has 35 heavy (non-hydrogen) atoms. The Morgan fingerprint density at radius 3 is 2.29 bits per heavy atom. The largest absolute Gasteiger partial charge is 0.606 e. The number of guanidine groups is 1. The number of nitrogens with zero attached hydrogens (tertiary/aromatic N) is 1. The van der Waals surface area contributed by atoms with E-state index in [9.17, 15) is 18.9 Å². The lowest BCUT2D eigenvalue weighted by atomic mass is 9.88. The minimum Gasteiger partial charge on any atom is -0.606 e. The summed E-state index contributed by atoms with van der Waals surface area (Å²) in [6.45, 7) is 0. The van der Waals surface area contributed by atoms with Crippen molar-refractivity contribution in [2.45, 2.75) is 41.9 Å². The molecule has 3 amide bonds. The van der Waals surface area contributed by atoms with Crippen molar-refractivity contribution >= 4 is 46.6 Å². The normalized spacial score (nSPS) is 15.0. The molecule has 1 saturated carbocycles. The zero-order valence-corrected chi connectivity index (χ0v) is 20.4. The zero-order valence-electron chi connectivity index (χ0n) is 19.5. The van der Waals surface area contributed by atoms with Crippen LogP contribution in [-0.2, 0) is 25.4 Å². The van der Waals surface area contributed by atoms with Gasteiger partial charge >= 0.3 is 12.2 Å². The highest BCUT2D eigenvalue weighted by molar-refractivity contribution is 7.91. The summed E-state index contributed by atoms with van der Waals surface area (Å²) in [5.41, 5.74) is 0.647. The Balaban J connectivity index is 1.94. The van der Waals surface area contributed by atoms with Gasteiger partial charge in [0.1, 0.15) is 0 Å². The number of methoxy groups -OCH3 is 2. The summed E-state index contributed by atoms with van der Waals surface area (Å²) in [4.78, 5) is 41.2. The zero-order chi connectivity index (χ0) is 25.2. The van der Waals surface area contributed by atoms with Crippen LogP contribution >= 0.6 is 0 Å². The van der Waals surface area contributed by atoms with Crippen molar-refractivity contribution < 1.29 is 28.4 Å². The van der Waals surface area contributed by atoms with Gasteiger partial charge < -0.3 is 24.7 Å². The van der Waals surface area contributed by atoms with Crippen LogP contribution in [0.15, 0.2) is 63.3 Å². The van der Waals surface area contributed by atoms with Crippen LogP contribution in [0.3, 0.4) is 0 Å². The molecule has 0 aliphatic heterocycles. The average Bonchev–Trinajstić information content (AvgIpc) is 2.89. The Bertz CT molecular complexity index is 1070. The molecule has 3 N–H and O–H groups in total. The van der Waals surface area contributed by atoms with Gasteiger partial charge in [-0.05, 0) is 37.1 Å². The van der Waals surface area contributed by atoms with Crippen LogP contribution in [0.4, 0.5) is 21.0 Å². The lowest BCUT2D eigenvalue weighted by Crippen LogP contribution is -2.37. The fourth-order valence-electron chi connectivity index (χ4n) is 3.63. The molecule has 1 aliphatic carbocycles. The fraction of sp³-hybridized carbons (Fsp3) is 0.333. The Morgan fingerprint density at radius 1 is 0.914 bits per heavy atom. The molecule has 0 spiro atoms. The van der Waals surface area contributed by atoms with Crippen molar-refractivity contribution in [2.24, 2.45) is 10.9 Å². The SMILES string of the molecule is COC(=O)N=C(NC(=O)OC)Nc1ccc([S+]([O-])c2ccccc2)cc1NC(=O)C1CCCCC1. The first-order valence-corrected chi connectivity index (χ1v) is 12.3. The lowest BCUT2D eigenvalue weighted by Gasteiger charge is -2.22. The van der Waals surface area contributed by atoms with Crippen molar-refractivity contribution in [3.8, 4) is 0 Å². The molecule has 0 aromatic heterocycles. The van der Waals surface area contributed by atoms with Crippen LogP contribution in [0.1, 0.15) is 32.1 Å². The molecule has 0 bridgehead atoms.